The normalized spacial score (nSPS) is 10.8. The van der Waals surface area contributed by atoms with Crippen LogP contribution in [-0.2, 0) is 6.42 Å². The molecule has 2 aromatic heterocycles. The lowest BCUT2D eigenvalue weighted by molar-refractivity contribution is 0.0954. The lowest BCUT2D eigenvalue weighted by Crippen LogP contribution is -2.26. The number of rotatable bonds is 6. The van der Waals surface area contributed by atoms with Gasteiger partial charge < -0.3 is 9.73 Å². The first-order valence-corrected chi connectivity index (χ1v) is 10.3. The number of nitrogens with zero attached hydrogens (tertiary/aromatic N) is 2. The zero-order valence-electron chi connectivity index (χ0n) is 16.3. The number of carbonyl (C=O) groups excluding carboxylic acids is 1. The molecule has 0 aliphatic heterocycles. The molecule has 0 aliphatic rings. The Balaban J connectivity index is 1.50. The van der Waals surface area contributed by atoms with E-state index in [1.165, 1.54) is 5.56 Å². The van der Waals surface area contributed by atoms with Crippen LogP contribution in [0, 0.1) is 13.8 Å². The molecular weight excluding hydrogens is 382 g/mol. The molecule has 0 saturated carbocycles. The van der Waals surface area contributed by atoms with E-state index in [1.807, 2.05) is 61.7 Å². The highest BCUT2D eigenvalue weighted by atomic mass is 32.1. The molecule has 29 heavy (non-hydrogen) atoms. The van der Waals surface area contributed by atoms with Crippen molar-refractivity contribution in [1.82, 2.24) is 15.3 Å². The number of hydrogen-bond acceptors (Lipinski definition) is 5. The van der Waals surface area contributed by atoms with E-state index < -0.39 is 0 Å². The maximum absolute atomic E-state index is 12.8. The Morgan fingerprint density at radius 2 is 1.90 bits per heavy atom. The molecule has 0 unspecified atom stereocenters. The Morgan fingerprint density at radius 3 is 2.66 bits per heavy atom. The van der Waals surface area contributed by atoms with Crippen LogP contribution in [0.1, 0.15) is 26.6 Å². The van der Waals surface area contributed by atoms with Gasteiger partial charge in [-0.15, -0.1) is 11.3 Å². The van der Waals surface area contributed by atoms with E-state index in [2.05, 4.69) is 15.3 Å². The minimum atomic E-state index is -0.150. The summed E-state index contributed by atoms with van der Waals surface area (Å²) in [5.41, 5.74) is 4.35. The Kier molecular flexibility index (Phi) is 5.53. The Labute approximate surface area is 173 Å². The summed E-state index contributed by atoms with van der Waals surface area (Å²) in [5, 5.41) is 6.02. The van der Waals surface area contributed by atoms with Crippen molar-refractivity contribution in [3.63, 3.8) is 0 Å². The first-order valence-electron chi connectivity index (χ1n) is 9.41. The van der Waals surface area contributed by atoms with Gasteiger partial charge >= 0.3 is 0 Å². The number of aromatic nitrogens is 2. The molecule has 0 saturated heterocycles. The number of aryl methyl sites for hydroxylation is 2. The molecule has 0 atom stereocenters. The third kappa shape index (κ3) is 4.43. The molecule has 5 nitrogen and oxygen atoms in total. The summed E-state index contributed by atoms with van der Waals surface area (Å²) < 4.78 is 5.96. The molecule has 0 aliphatic carbocycles. The van der Waals surface area contributed by atoms with Crippen LogP contribution in [-0.4, -0.2) is 22.4 Å². The predicted molar refractivity (Wildman–Crippen MR) is 115 cm³/mol. The molecule has 0 spiro atoms. The summed E-state index contributed by atoms with van der Waals surface area (Å²) in [6, 6.07) is 15.4. The van der Waals surface area contributed by atoms with E-state index >= 15 is 0 Å². The number of carbonyl (C=O) groups is 1. The molecule has 6 heteroatoms. The van der Waals surface area contributed by atoms with Gasteiger partial charge in [-0.2, -0.15) is 0 Å². The molecule has 4 rings (SSSR count). The maximum Gasteiger partial charge on any atom is 0.252 e. The molecule has 4 aromatic rings. The van der Waals surface area contributed by atoms with Crippen LogP contribution in [0.3, 0.4) is 0 Å². The first-order chi connectivity index (χ1) is 14.1. The van der Waals surface area contributed by atoms with Crippen molar-refractivity contribution in [3.05, 3.63) is 81.9 Å². The van der Waals surface area contributed by atoms with E-state index in [-0.39, 0.29) is 5.91 Å². The maximum atomic E-state index is 12.8. The molecule has 0 radical (unpaired) electrons. The lowest BCUT2D eigenvalue weighted by atomic mass is 10.1. The summed E-state index contributed by atoms with van der Waals surface area (Å²) in [4.78, 5) is 21.6. The quantitative estimate of drug-likeness (QED) is 0.489. The summed E-state index contributed by atoms with van der Waals surface area (Å²) >= 11 is 1.62. The van der Waals surface area contributed by atoms with Gasteiger partial charge in [0.25, 0.3) is 5.91 Å². The fourth-order valence-electron chi connectivity index (χ4n) is 3.04. The second-order valence-electron chi connectivity index (χ2n) is 6.81. The third-order valence-corrected chi connectivity index (χ3v) is 5.40. The van der Waals surface area contributed by atoms with Crippen molar-refractivity contribution in [1.29, 1.82) is 0 Å². The number of benzene rings is 2. The summed E-state index contributed by atoms with van der Waals surface area (Å²) in [6.45, 7) is 4.54. The molecule has 0 bridgehead atoms. The SMILES string of the molecule is Cc1ccc(-c2cnc(-c3ccccc3C(=O)NCCc3csc(C)n3)o2)cc1. The Hall–Kier alpha value is -3.25. The monoisotopic (exact) mass is 403 g/mol. The van der Waals surface area contributed by atoms with Gasteiger partial charge in [-0.1, -0.05) is 42.0 Å². The largest absolute Gasteiger partial charge is 0.436 e. The van der Waals surface area contributed by atoms with Crippen molar-refractivity contribution in [2.75, 3.05) is 6.54 Å². The lowest BCUT2D eigenvalue weighted by Gasteiger charge is -2.07. The minimum Gasteiger partial charge on any atom is -0.436 e. The van der Waals surface area contributed by atoms with Crippen LogP contribution in [0.4, 0.5) is 0 Å². The number of oxazole rings is 1. The number of amides is 1. The predicted octanol–water partition coefficient (Wildman–Crippen LogP) is 5.05. The van der Waals surface area contributed by atoms with Gasteiger partial charge in [0.15, 0.2) is 5.76 Å². The average molecular weight is 404 g/mol. The second kappa shape index (κ2) is 8.41. The van der Waals surface area contributed by atoms with Crippen molar-refractivity contribution in [2.45, 2.75) is 20.3 Å². The minimum absolute atomic E-state index is 0.150. The summed E-state index contributed by atoms with van der Waals surface area (Å²) in [6.07, 6.45) is 2.40. The average Bonchev–Trinajstić information content (AvgIpc) is 3.38. The third-order valence-electron chi connectivity index (χ3n) is 4.58. The van der Waals surface area contributed by atoms with Crippen molar-refractivity contribution in [3.8, 4) is 22.8 Å². The van der Waals surface area contributed by atoms with E-state index in [0.29, 0.717) is 35.7 Å². The van der Waals surface area contributed by atoms with E-state index in [1.54, 1.807) is 23.6 Å². The van der Waals surface area contributed by atoms with Gasteiger partial charge in [0.1, 0.15) is 0 Å². The topological polar surface area (TPSA) is 68.0 Å². The van der Waals surface area contributed by atoms with Gasteiger partial charge in [0.2, 0.25) is 5.89 Å². The van der Waals surface area contributed by atoms with Crippen LogP contribution in [0.5, 0.6) is 0 Å². The fraction of sp³-hybridized carbons (Fsp3) is 0.174. The highest BCUT2D eigenvalue weighted by molar-refractivity contribution is 7.09. The Bertz CT molecular complexity index is 1130. The summed E-state index contributed by atoms with van der Waals surface area (Å²) in [7, 11) is 0. The zero-order valence-corrected chi connectivity index (χ0v) is 17.1. The van der Waals surface area contributed by atoms with Gasteiger partial charge in [-0.3, -0.25) is 4.79 Å². The van der Waals surface area contributed by atoms with Gasteiger partial charge in [-0.05, 0) is 26.0 Å². The van der Waals surface area contributed by atoms with Crippen molar-refractivity contribution < 1.29 is 9.21 Å². The van der Waals surface area contributed by atoms with Crippen LogP contribution in [0.2, 0.25) is 0 Å². The van der Waals surface area contributed by atoms with Crippen molar-refractivity contribution >= 4 is 17.2 Å². The molecule has 1 N–H and O–H groups in total. The van der Waals surface area contributed by atoms with Crippen LogP contribution >= 0.6 is 11.3 Å². The van der Waals surface area contributed by atoms with Gasteiger partial charge in [0.05, 0.1) is 22.5 Å². The fourth-order valence-corrected chi connectivity index (χ4v) is 3.69. The number of thiazole rings is 1. The van der Waals surface area contributed by atoms with Crippen LogP contribution in [0.15, 0.2) is 64.5 Å². The summed E-state index contributed by atoms with van der Waals surface area (Å²) in [5.74, 6) is 0.957. The van der Waals surface area contributed by atoms with Crippen molar-refractivity contribution in [2.24, 2.45) is 0 Å². The molecular formula is C23H21N3O2S. The molecule has 1 amide bonds. The van der Waals surface area contributed by atoms with E-state index in [9.17, 15) is 4.79 Å². The molecule has 0 fully saturated rings. The highest BCUT2D eigenvalue weighted by Gasteiger charge is 2.16. The van der Waals surface area contributed by atoms with Crippen LogP contribution in [0.25, 0.3) is 22.8 Å². The highest BCUT2D eigenvalue weighted by Crippen LogP contribution is 2.28. The Morgan fingerprint density at radius 1 is 1.10 bits per heavy atom. The molecule has 146 valence electrons. The molecule has 2 aromatic carbocycles. The van der Waals surface area contributed by atoms with Gasteiger partial charge in [0, 0.05) is 29.5 Å². The van der Waals surface area contributed by atoms with Crippen LogP contribution < -0.4 is 5.32 Å². The zero-order chi connectivity index (χ0) is 20.2. The standard InChI is InChI=1S/C23H21N3O2S/c1-15-7-9-17(10-8-15)21-13-25-23(28-21)20-6-4-3-5-19(20)22(27)24-12-11-18-14-29-16(2)26-18/h3-10,13-14H,11-12H2,1-2H3,(H,24,27). The first kappa shape index (κ1) is 19.1. The second-order valence-corrected chi connectivity index (χ2v) is 7.87. The number of hydrogen-bond donors (Lipinski definition) is 1. The van der Waals surface area contributed by atoms with E-state index in [0.717, 1.165) is 16.3 Å². The van der Waals surface area contributed by atoms with E-state index in [4.69, 9.17) is 4.42 Å². The smallest absolute Gasteiger partial charge is 0.252 e. The number of nitrogens with one attached hydrogen (secondary N) is 1. The van der Waals surface area contributed by atoms with Gasteiger partial charge in [-0.25, -0.2) is 9.97 Å². The molecule has 2 heterocycles.